The van der Waals surface area contributed by atoms with Crippen LogP contribution in [0.5, 0.6) is 0 Å². The van der Waals surface area contributed by atoms with Crippen LogP contribution in [-0.4, -0.2) is 70.8 Å². The molecular formula is C16H27N3O2. The molecule has 0 aromatic rings. The highest BCUT2D eigenvalue weighted by Crippen LogP contribution is 2.29. The SMILES string of the molecule is CC(C)N1CCC(CN2C(=O)C3CCCN3C(=O)C2C)C1. The second-order valence-electron chi connectivity index (χ2n) is 7.10. The quantitative estimate of drug-likeness (QED) is 0.778. The van der Waals surface area contributed by atoms with E-state index in [1.54, 1.807) is 4.90 Å². The van der Waals surface area contributed by atoms with E-state index in [2.05, 4.69) is 18.7 Å². The van der Waals surface area contributed by atoms with Crippen LogP contribution in [0.4, 0.5) is 0 Å². The summed E-state index contributed by atoms with van der Waals surface area (Å²) in [5.74, 6) is 0.845. The highest BCUT2D eigenvalue weighted by molar-refractivity contribution is 5.97. The fraction of sp³-hybridized carbons (Fsp3) is 0.875. The van der Waals surface area contributed by atoms with Crippen LogP contribution in [0.3, 0.4) is 0 Å². The summed E-state index contributed by atoms with van der Waals surface area (Å²) in [6.45, 7) is 10.0. The molecule has 3 rings (SSSR count). The second-order valence-corrected chi connectivity index (χ2v) is 7.10. The molecule has 3 saturated heterocycles. The van der Waals surface area contributed by atoms with Gasteiger partial charge in [-0.05, 0) is 52.5 Å². The smallest absolute Gasteiger partial charge is 0.246 e. The van der Waals surface area contributed by atoms with E-state index in [9.17, 15) is 9.59 Å². The highest BCUT2D eigenvalue weighted by Gasteiger charge is 2.46. The van der Waals surface area contributed by atoms with Crippen molar-refractivity contribution in [1.29, 1.82) is 0 Å². The van der Waals surface area contributed by atoms with Crippen molar-refractivity contribution in [3.8, 4) is 0 Å². The molecule has 3 unspecified atom stereocenters. The topological polar surface area (TPSA) is 43.9 Å². The minimum atomic E-state index is -0.278. The largest absolute Gasteiger partial charge is 0.329 e. The third-order valence-corrected chi connectivity index (χ3v) is 5.43. The lowest BCUT2D eigenvalue weighted by Crippen LogP contribution is -2.62. The number of amides is 2. The molecule has 3 heterocycles. The molecule has 0 radical (unpaired) electrons. The lowest BCUT2D eigenvalue weighted by Gasteiger charge is -2.42. The van der Waals surface area contributed by atoms with Gasteiger partial charge in [-0.15, -0.1) is 0 Å². The standard InChI is InChI=1S/C16H27N3O2/c1-11(2)17-8-6-13(9-17)10-19-12(3)15(20)18-7-4-5-14(18)16(19)21/h11-14H,4-10H2,1-3H3. The van der Waals surface area contributed by atoms with Gasteiger partial charge in [-0.3, -0.25) is 9.59 Å². The van der Waals surface area contributed by atoms with E-state index in [4.69, 9.17) is 0 Å². The van der Waals surface area contributed by atoms with Gasteiger partial charge in [-0.2, -0.15) is 0 Å². The number of nitrogens with zero attached hydrogens (tertiary/aromatic N) is 3. The monoisotopic (exact) mass is 293 g/mol. The van der Waals surface area contributed by atoms with Gasteiger partial charge in [0.25, 0.3) is 0 Å². The Kier molecular flexibility index (Phi) is 3.95. The molecule has 3 aliphatic heterocycles. The molecule has 3 atom stereocenters. The van der Waals surface area contributed by atoms with Gasteiger partial charge in [0, 0.05) is 25.7 Å². The lowest BCUT2D eigenvalue weighted by atomic mass is 10.0. The van der Waals surface area contributed by atoms with Gasteiger partial charge in [-0.25, -0.2) is 0 Å². The van der Waals surface area contributed by atoms with Crippen LogP contribution in [0, 0.1) is 5.92 Å². The fourth-order valence-electron chi connectivity index (χ4n) is 4.05. The van der Waals surface area contributed by atoms with E-state index in [0.717, 1.165) is 45.4 Å². The third-order valence-electron chi connectivity index (χ3n) is 5.43. The summed E-state index contributed by atoms with van der Waals surface area (Å²) >= 11 is 0. The van der Waals surface area contributed by atoms with Gasteiger partial charge < -0.3 is 14.7 Å². The molecule has 0 saturated carbocycles. The zero-order valence-corrected chi connectivity index (χ0v) is 13.4. The molecule has 0 N–H and O–H groups in total. The van der Waals surface area contributed by atoms with Gasteiger partial charge in [0.15, 0.2) is 0 Å². The van der Waals surface area contributed by atoms with Crippen molar-refractivity contribution in [1.82, 2.24) is 14.7 Å². The Hall–Kier alpha value is -1.10. The summed E-state index contributed by atoms with van der Waals surface area (Å²) in [7, 11) is 0. The predicted octanol–water partition coefficient (Wildman–Crippen LogP) is 0.938. The molecule has 0 aliphatic carbocycles. The number of carbonyl (C=O) groups is 2. The van der Waals surface area contributed by atoms with Crippen LogP contribution >= 0.6 is 0 Å². The molecule has 2 amide bonds. The van der Waals surface area contributed by atoms with E-state index in [1.165, 1.54) is 0 Å². The fourth-order valence-corrected chi connectivity index (χ4v) is 4.05. The maximum atomic E-state index is 12.7. The number of carbonyl (C=O) groups excluding carboxylic acids is 2. The van der Waals surface area contributed by atoms with Crippen molar-refractivity contribution in [2.24, 2.45) is 5.92 Å². The molecule has 3 fully saturated rings. The van der Waals surface area contributed by atoms with Crippen molar-refractivity contribution in [3.63, 3.8) is 0 Å². The molecule has 118 valence electrons. The van der Waals surface area contributed by atoms with Crippen molar-refractivity contribution in [2.75, 3.05) is 26.2 Å². The number of likely N-dealkylation sites (tertiary alicyclic amines) is 1. The van der Waals surface area contributed by atoms with Crippen molar-refractivity contribution in [3.05, 3.63) is 0 Å². The zero-order chi connectivity index (χ0) is 15.1. The normalized spacial score (nSPS) is 34.2. The van der Waals surface area contributed by atoms with E-state index in [0.29, 0.717) is 12.0 Å². The number of hydrogen-bond donors (Lipinski definition) is 0. The summed E-state index contributed by atoms with van der Waals surface area (Å²) in [4.78, 5) is 31.2. The Morgan fingerprint density at radius 2 is 1.90 bits per heavy atom. The molecule has 5 heteroatoms. The summed E-state index contributed by atoms with van der Waals surface area (Å²) in [6.07, 6.45) is 2.95. The first-order chi connectivity index (χ1) is 9.99. The van der Waals surface area contributed by atoms with Crippen LogP contribution in [-0.2, 0) is 9.59 Å². The lowest BCUT2D eigenvalue weighted by molar-refractivity contribution is -0.159. The first-order valence-corrected chi connectivity index (χ1v) is 8.34. The summed E-state index contributed by atoms with van der Waals surface area (Å²) in [5, 5.41) is 0. The van der Waals surface area contributed by atoms with Crippen molar-refractivity contribution >= 4 is 11.8 Å². The van der Waals surface area contributed by atoms with Gasteiger partial charge in [0.05, 0.1) is 0 Å². The van der Waals surface area contributed by atoms with Crippen LogP contribution in [0.2, 0.25) is 0 Å². The van der Waals surface area contributed by atoms with E-state index >= 15 is 0 Å². The molecule has 5 nitrogen and oxygen atoms in total. The Balaban J connectivity index is 1.67. The summed E-state index contributed by atoms with van der Waals surface area (Å²) in [5.41, 5.74) is 0. The van der Waals surface area contributed by atoms with Gasteiger partial charge >= 0.3 is 0 Å². The molecule has 0 aromatic heterocycles. The summed E-state index contributed by atoms with van der Waals surface area (Å²) < 4.78 is 0. The highest BCUT2D eigenvalue weighted by atomic mass is 16.2. The second kappa shape index (κ2) is 5.59. The van der Waals surface area contributed by atoms with E-state index in [1.807, 2.05) is 11.8 Å². The molecular weight excluding hydrogens is 266 g/mol. The molecule has 0 bridgehead atoms. The zero-order valence-electron chi connectivity index (χ0n) is 13.4. The van der Waals surface area contributed by atoms with E-state index < -0.39 is 0 Å². The summed E-state index contributed by atoms with van der Waals surface area (Å²) in [6, 6.07) is 0.118. The Labute approximate surface area is 127 Å². The van der Waals surface area contributed by atoms with Crippen molar-refractivity contribution < 1.29 is 9.59 Å². The molecule has 3 aliphatic rings. The number of hydrogen-bond acceptors (Lipinski definition) is 3. The maximum absolute atomic E-state index is 12.7. The number of fused-ring (bicyclic) bond motifs is 1. The average Bonchev–Trinajstić information content (AvgIpc) is 3.10. The van der Waals surface area contributed by atoms with Crippen LogP contribution in [0.25, 0.3) is 0 Å². The molecule has 0 spiro atoms. The molecule has 0 aromatic carbocycles. The third kappa shape index (κ3) is 2.56. The van der Waals surface area contributed by atoms with Crippen LogP contribution in [0.1, 0.15) is 40.0 Å². The van der Waals surface area contributed by atoms with Gasteiger partial charge in [-0.1, -0.05) is 0 Å². The predicted molar refractivity (Wildman–Crippen MR) is 80.7 cm³/mol. The van der Waals surface area contributed by atoms with Gasteiger partial charge in [0.2, 0.25) is 11.8 Å². The minimum absolute atomic E-state index is 0.149. The van der Waals surface area contributed by atoms with Crippen LogP contribution < -0.4 is 0 Å². The first kappa shape index (κ1) is 14.8. The maximum Gasteiger partial charge on any atom is 0.246 e. The Morgan fingerprint density at radius 3 is 2.57 bits per heavy atom. The van der Waals surface area contributed by atoms with Crippen molar-refractivity contribution in [2.45, 2.75) is 58.2 Å². The number of rotatable bonds is 3. The Bertz CT molecular complexity index is 437. The number of piperazine rings is 1. The minimum Gasteiger partial charge on any atom is -0.329 e. The van der Waals surface area contributed by atoms with Crippen LogP contribution in [0.15, 0.2) is 0 Å². The molecule has 21 heavy (non-hydrogen) atoms. The van der Waals surface area contributed by atoms with E-state index in [-0.39, 0.29) is 23.9 Å². The van der Waals surface area contributed by atoms with Gasteiger partial charge in [0.1, 0.15) is 12.1 Å². The first-order valence-electron chi connectivity index (χ1n) is 8.34. The Morgan fingerprint density at radius 1 is 1.14 bits per heavy atom. The average molecular weight is 293 g/mol.